The summed E-state index contributed by atoms with van der Waals surface area (Å²) in [6, 6.07) is 27.5. The van der Waals surface area contributed by atoms with Crippen molar-refractivity contribution in [2.75, 3.05) is 5.32 Å². The fourth-order valence-corrected chi connectivity index (χ4v) is 3.65. The molecule has 1 N–H and O–H groups in total. The maximum Gasteiger partial charge on any atom is 0.247 e. The van der Waals surface area contributed by atoms with Crippen LogP contribution in [-0.2, 0) is 17.0 Å². The maximum atomic E-state index is 12.2. The summed E-state index contributed by atoms with van der Waals surface area (Å²) < 4.78 is 5.73. The molecule has 6 heteroatoms. The first-order chi connectivity index (χ1) is 14.8. The Balaban J connectivity index is 1.26. The first-order valence-corrected chi connectivity index (χ1v) is 10.7. The Morgan fingerprint density at radius 3 is 2.30 bits per heavy atom. The molecule has 0 saturated heterocycles. The molecule has 0 atom stereocenters. The molecule has 1 heterocycles. The number of benzene rings is 3. The number of amides is 1. The quantitative estimate of drug-likeness (QED) is 0.379. The topological polar surface area (TPSA) is 68.0 Å². The molecule has 0 unspecified atom stereocenters. The third kappa shape index (κ3) is 5.58. The van der Waals surface area contributed by atoms with Gasteiger partial charge in [-0.15, -0.1) is 22.0 Å². The highest BCUT2D eigenvalue weighted by Crippen LogP contribution is 2.25. The summed E-state index contributed by atoms with van der Waals surface area (Å²) in [6.45, 7) is 0. The normalized spacial score (nSPS) is 10.7. The van der Waals surface area contributed by atoms with E-state index in [0.717, 1.165) is 28.1 Å². The van der Waals surface area contributed by atoms with Crippen LogP contribution in [0.15, 0.2) is 94.2 Å². The number of nitrogens with one attached hydrogen (secondary N) is 1. The number of carbonyl (C=O) groups is 1. The van der Waals surface area contributed by atoms with E-state index in [4.69, 9.17) is 4.42 Å². The number of rotatable bonds is 8. The molecule has 5 nitrogen and oxygen atoms in total. The van der Waals surface area contributed by atoms with Crippen LogP contribution in [0, 0.1) is 0 Å². The van der Waals surface area contributed by atoms with Gasteiger partial charge in [-0.3, -0.25) is 4.79 Å². The van der Waals surface area contributed by atoms with Crippen molar-refractivity contribution in [1.29, 1.82) is 0 Å². The number of aryl methyl sites for hydroxylation is 1. The number of anilines is 1. The van der Waals surface area contributed by atoms with E-state index < -0.39 is 0 Å². The van der Waals surface area contributed by atoms with Crippen LogP contribution in [0.5, 0.6) is 0 Å². The monoisotopic (exact) mass is 415 g/mol. The Morgan fingerprint density at radius 2 is 1.57 bits per heavy atom. The van der Waals surface area contributed by atoms with Gasteiger partial charge in [0.05, 0.1) is 5.75 Å². The van der Waals surface area contributed by atoms with Gasteiger partial charge in [-0.05, 0) is 48.4 Å². The molecule has 0 aliphatic carbocycles. The highest BCUT2D eigenvalue weighted by Gasteiger charge is 2.09. The van der Waals surface area contributed by atoms with Gasteiger partial charge in [0, 0.05) is 22.6 Å². The largest absolute Gasteiger partial charge is 0.420 e. The second kappa shape index (κ2) is 9.89. The second-order valence-corrected chi connectivity index (χ2v) is 7.76. The molecule has 4 rings (SSSR count). The van der Waals surface area contributed by atoms with Gasteiger partial charge in [0.25, 0.3) is 0 Å². The molecule has 1 amide bonds. The molecule has 0 radical (unpaired) electrons. The lowest BCUT2D eigenvalue weighted by molar-refractivity contribution is -0.116. The van der Waals surface area contributed by atoms with Crippen LogP contribution >= 0.6 is 11.8 Å². The molecule has 150 valence electrons. The highest BCUT2D eigenvalue weighted by atomic mass is 32.2. The van der Waals surface area contributed by atoms with Gasteiger partial charge in [-0.25, -0.2) is 0 Å². The van der Waals surface area contributed by atoms with E-state index in [0.29, 0.717) is 24.0 Å². The van der Waals surface area contributed by atoms with E-state index in [1.807, 2.05) is 84.9 Å². The van der Waals surface area contributed by atoms with Gasteiger partial charge in [0.2, 0.25) is 17.7 Å². The molecular weight excluding hydrogens is 394 g/mol. The van der Waals surface area contributed by atoms with E-state index in [9.17, 15) is 4.79 Å². The van der Waals surface area contributed by atoms with Gasteiger partial charge in [-0.1, -0.05) is 48.5 Å². The molecule has 0 fully saturated rings. The zero-order chi connectivity index (χ0) is 20.6. The minimum Gasteiger partial charge on any atom is -0.420 e. The molecule has 0 aliphatic heterocycles. The summed E-state index contributed by atoms with van der Waals surface area (Å²) in [5, 5.41) is 11.2. The van der Waals surface area contributed by atoms with Crippen LogP contribution in [0.1, 0.15) is 17.9 Å². The summed E-state index contributed by atoms with van der Waals surface area (Å²) >= 11 is 1.61. The van der Waals surface area contributed by atoms with Crippen molar-refractivity contribution in [3.05, 3.63) is 96.4 Å². The Bertz CT molecular complexity index is 1080. The lowest BCUT2D eigenvalue weighted by Crippen LogP contribution is -2.12. The first-order valence-electron chi connectivity index (χ1n) is 9.71. The second-order valence-electron chi connectivity index (χ2n) is 6.71. The molecule has 0 bridgehead atoms. The molecule has 30 heavy (non-hydrogen) atoms. The number of hydrogen-bond donors (Lipinski definition) is 1. The van der Waals surface area contributed by atoms with Gasteiger partial charge in [0.15, 0.2) is 0 Å². The minimum atomic E-state index is 0.0126. The SMILES string of the molecule is O=C(CCc1ccccc1)Nc1ccc(SCc2nnc(-c3ccccc3)o2)cc1. The molecule has 0 spiro atoms. The predicted molar refractivity (Wildman–Crippen MR) is 119 cm³/mol. The predicted octanol–water partition coefficient (Wildman–Crippen LogP) is 5.60. The molecule has 4 aromatic rings. The number of nitrogens with zero attached hydrogens (tertiary/aromatic N) is 2. The Kier molecular flexibility index (Phi) is 6.57. The lowest BCUT2D eigenvalue weighted by atomic mass is 10.1. The van der Waals surface area contributed by atoms with Crippen LogP contribution in [0.25, 0.3) is 11.5 Å². The zero-order valence-electron chi connectivity index (χ0n) is 16.3. The fraction of sp³-hybridized carbons (Fsp3) is 0.125. The van der Waals surface area contributed by atoms with Gasteiger partial charge < -0.3 is 9.73 Å². The van der Waals surface area contributed by atoms with Crippen molar-refractivity contribution in [3.8, 4) is 11.5 Å². The summed E-state index contributed by atoms with van der Waals surface area (Å²) in [6.07, 6.45) is 1.19. The third-order valence-corrected chi connectivity index (χ3v) is 5.47. The van der Waals surface area contributed by atoms with Crippen molar-refractivity contribution < 1.29 is 9.21 Å². The smallest absolute Gasteiger partial charge is 0.247 e. The van der Waals surface area contributed by atoms with Gasteiger partial charge in [-0.2, -0.15) is 0 Å². The molecule has 0 aliphatic rings. The lowest BCUT2D eigenvalue weighted by Gasteiger charge is -2.06. The van der Waals surface area contributed by atoms with Crippen LogP contribution in [0.2, 0.25) is 0 Å². The van der Waals surface area contributed by atoms with Gasteiger partial charge in [0.1, 0.15) is 0 Å². The first kappa shape index (κ1) is 19.9. The summed E-state index contributed by atoms with van der Waals surface area (Å²) in [7, 11) is 0. The summed E-state index contributed by atoms with van der Waals surface area (Å²) in [4.78, 5) is 13.2. The Labute approximate surface area is 179 Å². The van der Waals surface area contributed by atoms with E-state index in [2.05, 4.69) is 15.5 Å². The van der Waals surface area contributed by atoms with E-state index in [1.165, 1.54) is 0 Å². The molecular formula is C24H21N3O2S. The van der Waals surface area contributed by atoms with Crippen molar-refractivity contribution >= 4 is 23.4 Å². The molecule has 3 aromatic carbocycles. The average Bonchev–Trinajstić information content (AvgIpc) is 3.28. The van der Waals surface area contributed by atoms with Crippen molar-refractivity contribution in [2.24, 2.45) is 0 Å². The molecule has 1 aromatic heterocycles. The number of hydrogen-bond acceptors (Lipinski definition) is 5. The van der Waals surface area contributed by atoms with Gasteiger partial charge >= 0.3 is 0 Å². The summed E-state index contributed by atoms with van der Waals surface area (Å²) in [5.41, 5.74) is 2.87. The average molecular weight is 416 g/mol. The van der Waals surface area contributed by atoms with Crippen LogP contribution in [-0.4, -0.2) is 16.1 Å². The Hall–Kier alpha value is -3.38. The van der Waals surface area contributed by atoms with Crippen molar-refractivity contribution in [1.82, 2.24) is 10.2 Å². The van der Waals surface area contributed by atoms with Crippen LogP contribution in [0.4, 0.5) is 5.69 Å². The standard InChI is InChI=1S/C24H21N3O2S/c28-22(16-11-18-7-3-1-4-8-18)25-20-12-14-21(15-13-20)30-17-23-26-27-24(29-23)19-9-5-2-6-10-19/h1-10,12-15H,11,16-17H2,(H,25,28). The Morgan fingerprint density at radius 1 is 0.867 bits per heavy atom. The third-order valence-electron chi connectivity index (χ3n) is 4.47. The number of carbonyl (C=O) groups excluding carboxylic acids is 1. The minimum absolute atomic E-state index is 0.0126. The van der Waals surface area contributed by atoms with E-state index >= 15 is 0 Å². The molecule has 0 saturated carbocycles. The van der Waals surface area contributed by atoms with Crippen molar-refractivity contribution in [3.63, 3.8) is 0 Å². The number of thioether (sulfide) groups is 1. The fourth-order valence-electron chi connectivity index (χ4n) is 2.91. The highest BCUT2D eigenvalue weighted by molar-refractivity contribution is 7.98. The number of aromatic nitrogens is 2. The van der Waals surface area contributed by atoms with Crippen LogP contribution < -0.4 is 5.32 Å². The maximum absolute atomic E-state index is 12.2. The van der Waals surface area contributed by atoms with Crippen molar-refractivity contribution in [2.45, 2.75) is 23.5 Å². The van der Waals surface area contributed by atoms with E-state index in [-0.39, 0.29) is 5.91 Å². The zero-order valence-corrected chi connectivity index (χ0v) is 17.1. The van der Waals surface area contributed by atoms with E-state index in [1.54, 1.807) is 11.8 Å². The summed E-state index contributed by atoms with van der Waals surface area (Å²) in [5.74, 6) is 1.71. The van der Waals surface area contributed by atoms with Crippen LogP contribution in [0.3, 0.4) is 0 Å².